The lowest BCUT2D eigenvalue weighted by atomic mass is 10.1. The van der Waals surface area contributed by atoms with Crippen molar-refractivity contribution in [2.45, 2.75) is 6.42 Å². The smallest absolute Gasteiger partial charge is 0.170 e. The fraction of sp³-hybridized carbons (Fsp3) is 0.235. The van der Waals surface area contributed by atoms with Crippen LogP contribution in [0, 0.1) is 0 Å². The zero-order valence-corrected chi connectivity index (χ0v) is 12.2. The Morgan fingerprint density at radius 3 is 2.38 bits per heavy atom. The second-order valence-electron chi connectivity index (χ2n) is 4.40. The van der Waals surface area contributed by atoms with Crippen LogP contribution in [0.15, 0.2) is 48.5 Å². The number of rotatable bonds is 7. The van der Waals surface area contributed by atoms with Gasteiger partial charge in [-0.3, -0.25) is 4.79 Å². The highest BCUT2D eigenvalue weighted by Crippen LogP contribution is 2.25. The molecule has 0 saturated heterocycles. The van der Waals surface area contributed by atoms with E-state index in [9.17, 15) is 4.79 Å². The van der Waals surface area contributed by atoms with E-state index in [4.69, 9.17) is 14.2 Å². The molecule has 0 fully saturated rings. The first kappa shape index (κ1) is 14.9. The van der Waals surface area contributed by atoms with Gasteiger partial charge in [-0.1, -0.05) is 18.2 Å². The van der Waals surface area contributed by atoms with Crippen molar-refractivity contribution in [2.75, 3.05) is 20.8 Å². The van der Waals surface area contributed by atoms with Crippen molar-refractivity contribution in [3.8, 4) is 17.2 Å². The topological polar surface area (TPSA) is 44.8 Å². The van der Waals surface area contributed by atoms with Crippen molar-refractivity contribution in [1.29, 1.82) is 0 Å². The van der Waals surface area contributed by atoms with E-state index in [-0.39, 0.29) is 12.2 Å². The van der Waals surface area contributed by atoms with E-state index in [2.05, 4.69) is 0 Å². The number of para-hydroxylation sites is 1. The molecule has 0 saturated carbocycles. The van der Waals surface area contributed by atoms with Gasteiger partial charge in [-0.25, -0.2) is 0 Å². The first-order valence-corrected chi connectivity index (χ1v) is 6.67. The first-order chi connectivity index (χ1) is 10.2. The molecule has 110 valence electrons. The summed E-state index contributed by atoms with van der Waals surface area (Å²) in [6.07, 6.45) is 0.276. The lowest BCUT2D eigenvalue weighted by Crippen LogP contribution is -2.08. The SMILES string of the molecule is COc1ccc(OC)c(C(=O)CCOc2ccccc2)c1. The van der Waals surface area contributed by atoms with Gasteiger partial charge in [0.05, 0.1) is 26.4 Å². The number of hydrogen-bond acceptors (Lipinski definition) is 4. The molecule has 0 aliphatic carbocycles. The first-order valence-electron chi connectivity index (χ1n) is 6.67. The van der Waals surface area contributed by atoms with Crippen LogP contribution in [0.4, 0.5) is 0 Å². The molecule has 0 bridgehead atoms. The minimum atomic E-state index is -0.0401. The molecular weight excluding hydrogens is 268 g/mol. The summed E-state index contributed by atoms with van der Waals surface area (Å²) in [4.78, 5) is 12.3. The molecule has 2 aromatic carbocycles. The summed E-state index contributed by atoms with van der Waals surface area (Å²) in [5.41, 5.74) is 0.508. The van der Waals surface area contributed by atoms with Crippen molar-refractivity contribution in [1.82, 2.24) is 0 Å². The highest BCUT2D eigenvalue weighted by molar-refractivity contribution is 5.99. The van der Waals surface area contributed by atoms with Crippen molar-refractivity contribution < 1.29 is 19.0 Å². The van der Waals surface area contributed by atoms with Gasteiger partial charge in [-0.15, -0.1) is 0 Å². The van der Waals surface area contributed by atoms with Crippen molar-refractivity contribution in [3.63, 3.8) is 0 Å². The molecule has 0 radical (unpaired) electrons. The normalized spacial score (nSPS) is 10.0. The largest absolute Gasteiger partial charge is 0.497 e. The number of carbonyl (C=O) groups excluding carboxylic acids is 1. The van der Waals surface area contributed by atoms with Crippen LogP contribution in [-0.4, -0.2) is 26.6 Å². The van der Waals surface area contributed by atoms with Gasteiger partial charge in [0.1, 0.15) is 17.2 Å². The average molecular weight is 286 g/mol. The third kappa shape index (κ3) is 3.99. The summed E-state index contributed by atoms with van der Waals surface area (Å²) in [6.45, 7) is 0.323. The molecule has 0 aromatic heterocycles. The zero-order chi connectivity index (χ0) is 15.1. The van der Waals surface area contributed by atoms with Crippen LogP contribution in [0.2, 0.25) is 0 Å². The number of ketones is 1. The highest BCUT2D eigenvalue weighted by Gasteiger charge is 2.13. The van der Waals surface area contributed by atoms with Gasteiger partial charge in [0.2, 0.25) is 0 Å². The van der Waals surface area contributed by atoms with Crippen LogP contribution < -0.4 is 14.2 Å². The second-order valence-corrected chi connectivity index (χ2v) is 4.40. The number of methoxy groups -OCH3 is 2. The van der Waals surface area contributed by atoms with E-state index in [1.807, 2.05) is 30.3 Å². The van der Waals surface area contributed by atoms with Crippen molar-refractivity contribution >= 4 is 5.78 Å². The number of hydrogen-bond donors (Lipinski definition) is 0. The average Bonchev–Trinajstić information content (AvgIpc) is 2.55. The van der Waals surface area contributed by atoms with Gasteiger partial charge < -0.3 is 14.2 Å². The Labute approximate surface area is 124 Å². The number of benzene rings is 2. The molecule has 0 atom stereocenters. The van der Waals surface area contributed by atoms with E-state index in [0.29, 0.717) is 23.7 Å². The molecule has 0 aliphatic heterocycles. The molecular formula is C17H18O4. The Hall–Kier alpha value is -2.49. The van der Waals surface area contributed by atoms with E-state index >= 15 is 0 Å². The molecule has 4 nitrogen and oxygen atoms in total. The van der Waals surface area contributed by atoms with Crippen molar-refractivity contribution in [3.05, 3.63) is 54.1 Å². The van der Waals surface area contributed by atoms with E-state index in [1.165, 1.54) is 0 Å². The van der Waals surface area contributed by atoms with Gasteiger partial charge >= 0.3 is 0 Å². The van der Waals surface area contributed by atoms with Crippen LogP contribution in [-0.2, 0) is 0 Å². The molecule has 0 amide bonds. The standard InChI is InChI=1S/C17H18O4/c1-19-14-8-9-17(20-2)15(12-14)16(18)10-11-21-13-6-4-3-5-7-13/h3-9,12H,10-11H2,1-2H3. The second kappa shape index (κ2) is 7.33. The molecule has 4 heteroatoms. The summed E-state index contributed by atoms with van der Waals surface area (Å²) in [6, 6.07) is 14.6. The molecule has 0 spiro atoms. The van der Waals surface area contributed by atoms with Gasteiger partial charge in [0, 0.05) is 6.42 Å². The predicted molar refractivity (Wildman–Crippen MR) is 80.4 cm³/mol. The zero-order valence-electron chi connectivity index (χ0n) is 12.2. The Bertz CT molecular complexity index is 593. The molecule has 21 heavy (non-hydrogen) atoms. The summed E-state index contributed by atoms with van der Waals surface area (Å²) in [5.74, 6) is 1.88. The fourth-order valence-electron chi connectivity index (χ4n) is 1.94. The van der Waals surface area contributed by atoms with Crippen LogP contribution in [0.1, 0.15) is 16.8 Å². The van der Waals surface area contributed by atoms with Crippen LogP contribution >= 0.6 is 0 Å². The predicted octanol–water partition coefficient (Wildman–Crippen LogP) is 3.36. The maximum atomic E-state index is 12.3. The van der Waals surface area contributed by atoms with Crippen LogP contribution in [0.3, 0.4) is 0 Å². The van der Waals surface area contributed by atoms with E-state index < -0.39 is 0 Å². The monoisotopic (exact) mass is 286 g/mol. The molecule has 0 N–H and O–H groups in total. The number of Topliss-reactive ketones (excluding diaryl/α,β-unsaturated/α-hetero) is 1. The third-order valence-electron chi connectivity index (χ3n) is 3.05. The Kier molecular flexibility index (Phi) is 5.21. The van der Waals surface area contributed by atoms with E-state index in [0.717, 1.165) is 5.75 Å². The summed E-state index contributed by atoms with van der Waals surface area (Å²) in [5, 5.41) is 0. The number of ether oxygens (including phenoxy) is 3. The molecule has 0 heterocycles. The lowest BCUT2D eigenvalue weighted by Gasteiger charge is -2.10. The summed E-state index contributed by atoms with van der Waals surface area (Å²) < 4.78 is 15.9. The maximum absolute atomic E-state index is 12.3. The van der Waals surface area contributed by atoms with Crippen LogP contribution in [0.5, 0.6) is 17.2 Å². The van der Waals surface area contributed by atoms with Gasteiger partial charge in [0.15, 0.2) is 5.78 Å². The summed E-state index contributed by atoms with van der Waals surface area (Å²) >= 11 is 0. The van der Waals surface area contributed by atoms with Crippen molar-refractivity contribution in [2.24, 2.45) is 0 Å². The Balaban J connectivity index is 1.99. The highest BCUT2D eigenvalue weighted by atomic mass is 16.5. The fourth-order valence-corrected chi connectivity index (χ4v) is 1.94. The van der Waals surface area contributed by atoms with Crippen LogP contribution in [0.25, 0.3) is 0 Å². The minimum absolute atomic E-state index is 0.0401. The molecule has 0 unspecified atom stereocenters. The molecule has 0 aliphatic rings. The van der Waals surface area contributed by atoms with E-state index in [1.54, 1.807) is 32.4 Å². The summed E-state index contributed by atoms with van der Waals surface area (Å²) in [7, 11) is 3.10. The Morgan fingerprint density at radius 1 is 0.952 bits per heavy atom. The van der Waals surface area contributed by atoms with Gasteiger partial charge in [0.25, 0.3) is 0 Å². The maximum Gasteiger partial charge on any atom is 0.170 e. The number of carbonyl (C=O) groups is 1. The third-order valence-corrected chi connectivity index (χ3v) is 3.05. The van der Waals surface area contributed by atoms with Gasteiger partial charge in [-0.2, -0.15) is 0 Å². The molecule has 2 aromatic rings. The van der Waals surface area contributed by atoms with Gasteiger partial charge in [-0.05, 0) is 30.3 Å². The molecule has 2 rings (SSSR count). The quantitative estimate of drug-likeness (QED) is 0.732. The minimum Gasteiger partial charge on any atom is -0.497 e. The Morgan fingerprint density at radius 2 is 1.71 bits per heavy atom. The lowest BCUT2D eigenvalue weighted by molar-refractivity contribution is 0.0959.